The zero-order chi connectivity index (χ0) is 20.6. The van der Waals surface area contributed by atoms with Gasteiger partial charge in [0.05, 0.1) is 0 Å². The van der Waals surface area contributed by atoms with E-state index in [1.165, 1.54) is 16.4 Å². The standard InChI is InChI=1S/C21H25NO4S2/c1-21(2,3)26-20(25)22-18(19(23)24)14-28-27-13-15-9-11-17(12-10-15)16-7-5-4-6-8-16/h4-12,18H,13-14H2,1-3H3,(H,22,25)(H,23,24)/t18-/m1/s1. The van der Waals surface area contributed by atoms with E-state index in [-0.39, 0.29) is 5.75 Å². The van der Waals surface area contributed by atoms with Crippen molar-refractivity contribution in [3.8, 4) is 11.1 Å². The van der Waals surface area contributed by atoms with Crippen LogP contribution in [-0.4, -0.2) is 34.6 Å². The highest BCUT2D eigenvalue weighted by Crippen LogP contribution is 2.28. The van der Waals surface area contributed by atoms with Crippen LogP contribution >= 0.6 is 21.6 Å². The van der Waals surface area contributed by atoms with Crippen LogP contribution in [0.1, 0.15) is 26.3 Å². The molecular formula is C21H25NO4S2. The second-order valence-corrected chi connectivity index (χ2v) is 9.65. The summed E-state index contributed by atoms with van der Waals surface area (Å²) in [7, 11) is 2.97. The molecule has 0 heterocycles. The van der Waals surface area contributed by atoms with E-state index in [1.807, 2.05) is 18.2 Å². The lowest BCUT2D eigenvalue weighted by molar-refractivity contribution is -0.138. The molecule has 0 spiro atoms. The third kappa shape index (κ3) is 7.86. The van der Waals surface area contributed by atoms with Gasteiger partial charge in [-0.15, -0.1) is 0 Å². The molecule has 0 aliphatic rings. The first-order chi connectivity index (χ1) is 13.2. The van der Waals surface area contributed by atoms with Gasteiger partial charge in [0.25, 0.3) is 0 Å². The Morgan fingerprint density at radius 1 is 1.00 bits per heavy atom. The van der Waals surface area contributed by atoms with Gasteiger partial charge in [0, 0.05) is 11.5 Å². The van der Waals surface area contributed by atoms with Gasteiger partial charge in [-0.2, -0.15) is 0 Å². The normalized spacial score (nSPS) is 12.2. The summed E-state index contributed by atoms with van der Waals surface area (Å²) >= 11 is 0. The zero-order valence-electron chi connectivity index (χ0n) is 16.2. The summed E-state index contributed by atoms with van der Waals surface area (Å²) in [5, 5.41) is 11.7. The van der Waals surface area contributed by atoms with Crippen LogP contribution in [0.4, 0.5) is 4.79 Å². The molecule has 0 fully saturated rings. The van der Waals surface area contributed by atoms with E-state index in [0.717, 1.165) is 16.9 Å². The summed E-state index contributed by atoms with van der Waals surface area (Å²) in [4.78, 5) is 23.1. The van der Waals surface area contributed by atoms with E-state index >= 15 is 0 Å². The highest BCUT2D eigenvalue weighted by atomic mass is 33.1. The van der Waals surface area contributed by atoms with E-state index in [1.54, 1.807) is 31.6 Å². The molecule has 0 bridgehead atoms. The average molecular weight is 420 g/mol. The number of carboxylic acid groups (broad SMARTS) is 1. The number of nitrogens with one attached hydrogen (secondary N) is 1. The van der Waals surface area contributed by atoms with E-state index < -0.39 is 23.7 Å². The van der Waals surface area contributed by atoms with Crippen LogP contribution in [0.5, 0.6) is 0 Å². The fraction of sp³-hybridized carbons (Fsp3) is 0.333. The molecule has 7 heteroatoms. The van der Waals surface area contributed by atoms with Crippen molar-refractivity contribution in [3.63, 3.8) is 0 Å². The first-order valence-electron chi connectivity index (χ1n) is 8.86. The summed E-state index contributed by atoms with van der Waals surface area (Å²) in [5.41, 5.74) is 2.83. The van der Waals surface area contributed by atoms with Gasteiger partial charge in [-0.1, -0.05) is 76.2 Å². The number of benzene rings is 2. The van der Waals surface area contributed by atoms with E-state index in [4.69, 9.17) is 4.74 Å². The SMILES string of the molecule is CC(C)(C)OC(=O)N[C@H](CSSCc1ccc(-c2ccccc2)cc1)C(=O)O. The lowest BCUT2D eigenvalue weighted by Gasteiger charge is -2.21. The molecule has 28 heavy (non-hydrogen) atoms. The van der Waals surface area contributed by atoms with Crippen LogP contribution in [0.2, 0.25) is 0 Å². The maximum Gasteiger partial charge on any atom is 0.408 e. The summed E-state index contributed by atoms with van der Waals surface area (Å²) in [6.07, 6.45) is -0.720. The second kappa shape index (κ2) is 10.4. The van der Waals surface area contributed by atoms with Crippen molar-refractivity contribution in [2.75, 3.05) is 5.75 Å². The molecule has 0 unspecified atom stereocenters. The molecule has 2 aromatic rings. The maximum atomic E-state index is 11.8. The Morgan fingerprint density at radius 3 is 2.18 bits per heavy atom. The van der Waals surface area contributed by atoms with Gasteiger partial charge in [-0.3, -0.25) is 0 Å². The number of hydrogen-bond donors (Lipinski definition) is 2. The number of ether oxygens (including phenoxy) is 1. The van der Waals surface area contributed by atoms with Crippen molar-refractivity contribution in [1.29, 1.82) is 0 Å². The van der Waals surface area contributed by atoms with Gasteiger partial charge in [0.1, 0.15) is 11.6 Å². The van der Waals surface area contributed by atoms with Crippen LogP contribution in [-0.2, 0) is 15.3 Å². The van der Waals surface area contributed by atoms with Crippen molar-refractivity contribution in [2.45, 2.75) is 38.2 Å². The third-order valence-electron chi connectivity index (χ3n) is 3.59. The molecular weight excluding hydrogens is 394 g/mol. The molecule has 1 amide bonds. The third-order valence-corrected chi connectivity index (χ3v) is 5.94. The topological polar surface area (TPSA) is 75.6 Å². The van der Waals surface area contributed by atoms with Gasteiger partial charge in [0.2, 0.25) is 0 Å². The largest absolute Gasteiger partial charge is 0.480 e. The number of alkyl carbamates (subject to hydrolysis) is 1. The summed E-state index contributed by atoms with van der Waals surface area (Å²) in [5.74, 6) is -0.0778. The number of hydrogen-bond acceptors (Lipinski definition) is 5. The number of carbonyl (C=O) groups is 2. The first kappa shape index (κ1) is 22.2. The number of aliphatic carboxylic acids is 1. The van der Waals surface area contributed by atoms with Crippen molar-refractivity contribution in [1.82, 2.24) is 5.32 Å². The van der Waals surface area contributed by atoms with Crippen LogP contribution in [0.3, 0.4) is 0 Å². The van der Waals surface area contributed by atoms with Crippen molar-refractivity contribution >= 4 is 33.7 Å². The van der Waals surface area contributed by atoms with E-state index in [2.05, 4.69) is 41.7 Å². The van der Waals surface area contributed by atoms with Gasteiger partial charge in [-0.05, 0) is 37.5 Å². The predicted octanol–water partition coefficient (Wildman–Crippen LogP) is 5.21. The molecule has 150 valence electrons. The molecule has 2 rings (SSSR count). The van der Waals surface area contributed by atoms with Crippen molar-refractivity contribution in [2.24, 2.45) is 0 Å². The predicted molar refractivity (Wildman–Crippen MR) is 116 cm³/mol. The quantitative estimate of drug-likeness (QED) is 0.452. The molecule has 0 saturated heterocycles. The van der Waals surface area contributed by atoms with Crippen LogP contribution in [0.15, 0.2) is 54.6 Å². The second-order valence-electron chi connectivity index (χ2n) is 7.15. The van der Waals surface area contributed by atoms with E-state index in [9.17, 15) is 14.7 Å². The molecule has 0 aromatic heterocycles. The lowest BCUT2D eigenvalue weighted by Crippen LogP contribution is -2.44. The van der Waals surface area contributed by atoms with Crippen LogP contribution in [0.25, 0.3) is 11.1 Å². The van der Waals surface area contributed by atoms with Crippen molar-refractivity contribution in [3.05, 3.63) is 60.2 Å². The molecule has 0 aliphatic heterocycles. The Balaban J connectivity index is 1.78. The molecule has 2 N–H and O–H groups in total. The van der Waals surface area contributed by atoms with Crippen molar-refractivity contribution < 1.29 is 19.4 Å². The number of amides is 1. The monoisotopic (exact) mass is 419 g/mol. The summed E-state index contributed by atoms with van der Waals surface area (Å²) in [6.45, 7) is 5.20. The molecule has 2 aromatic carbocycles. The Kier molecular flexibility index (Phi) is 8.26. The molecule has 0 aliphatic carbocycles. The zero-order valence-corrected chi connectivity index (χ0v) is 17.8. The number of rotatable bonds is 8. The number of carboxylic acids is 1. The summed E-state index contributed by atoms with van der Waals surface area (Å²) in [6, 6.07) is 17.5. The smallest absolute Gasteiger partial charge is 0.408 e. The fourth-order valence-electron chi connectivity index (χ4n) is 2.27. The molecule has 0 radical (unpaired) electrons. The Morgan fingerprint density at radius 2 is 1.61 bits per heavy atom. The summed E-state index contributed by atoms with van der Waals surface area (Å²) < 4.78 is 5.11. The van der Waals surface area contributed by atoms with Crippen LogP contribution in [0, 0.1) is 0 Å². The number of carbonyl (C=O) groups excluding carboxylic acids is 1. The maximum absolute atomic E-state index is 11.8. The molecule has 0 saturated carbocycles. The fourth-order valence-corrected chi connectivity index (χ4v) is 4.50. The highest BCUT2D eigenvalue weighted by Gasteiger charge is 2.23. The van der Waals surface area contributed by atoms with Gasteiger partial charge >= 0.3 is 12.1 Å². The van der Waals surface area contributed by atoms with Crippen LogP contribution < -0.4 is 5.32 Å². The van der Waals surface area contributed by atoms with Gasteiger partial charge < -0.3 is 15.2 Å². The molecule has 1 atom stereocenters. The lowest BCUT2D eigenvalue weighted by atomic mass is 10.0. The van der Waals surface area contributed by atoms with E-state index in [0.29, 0.717) is 0 Å². The minimum Gasteiger partial charge on any atom is -0.480 e. The average Bonchev–Trinajstić information content (AvgIpc) is 2.64. The Bertz CT molecular complexity index is 773. The highest BCUT2D eigenvalue weighted by molar-refractivity contribution is 8.76. The Labute approximate surface area is 173 Å². The molecule has 5 nitrogen and oxygen atoms in total. The van der Waals surface area contributed by atoms with Gasteiger partial charge in [-0.25, -0.2) is 9.59 Å². The minimum absolute atomic E-state index is 0.251. The first-order valence-corrected chi connectivity index (χ1v) is 11.3. The Hall–Kier alpha value is -2.12. The minimum atomic E-state index is -1.08. The van der Waals surface area contributed by atoms with Gasteiger partial charge in [0.15, 0.2) is 0 Å².